The van der Waals surface area contributed by atoms with E-state index in [1.807, 2.05) is 32.1 Å². The van der Waals surface area contributed by atoms with Gasteiger partial charge in [-0.1, -0.05) is 13.8 Å². The second-order valence-electron chi connectivity index (χ2n) is 4.38. The first-order chi connectivity index (χ1) is 9.07. The molecule has 0 saturated carbocycles. The van der Waals surface area contributed by atoms with Gasteiger partial charge in [-0.25, -0.2) is 0 Å². The molecule has 0 atom stereocenters. The van der Waals surface area contributed by atoms with Crippen LogP contribution in [0.2, 0.25) is 0 Å². The van der Waals surface area contributed by atoms with Crippen molar-refractivity contribution in [3.8, 4) is 17.2 Å². The minimum absolute atomic E-state index is 0.164. The van der Waals surface area contributed by atoms with Crippen LogP contribution in [0.5, 0.6) is 17.2 Å². The third kappa shape index (κ3) is 3.50. The van der Waals surface area contributed by atoms with Crippen molar-refractivity contribution < 1.29 is 19.0 Å². The first-order valence-corrected chi connectivity index (χ1v) is 6.04. The molecule has 0 N–H and O–H groups in total. The number of hydrogen-bond donors (Lipinski definition) is 0. The fraction of sp³-hybridized carbons (Fsp3) is 0.400. The molecule has 104 valence electrons. The molecule has 0 fully saturated rings. The molecule has 0 aliphatic heterocycles. The maximum Gasteiger partial charge on any atom is 0.203 e. The number of rotatable bonds is 6. The number of ether oxygens (including phenoxy) is 3. The molecule has 4 nitrogen and oxygen atoms in total. The molecule has 0 saturated heterocycles. The van der Waals surface area contributed by atoms with E-state index < -0.39 is 0 Å². The average molecular weight is 264 g/mol. The Morgan fingerprint density at radius 1 is 1.05 bits per heavy atom. The SMILES string of the molecule is COc1cc(C=C(C=O)C(C)C)cc(OC)c1OC. The van der Waals surface area contributed by atoms with Crippen LogP contribution in [0.4, 0.5) is 0 Å². The lowest BCUT2D eigenvalue weighted by atomic mass is 10.0. The Balaban J connectivity index is 3.34. The van der Waals surface area contributed by atoms with E-state index in [0.717, 1.165) is 11.8 Å². The van der Waals surface area contributed by atoms with Gasteiger partial charge in [0.2, 0.25) is 5.75 Å². The minimum Gasteiger partial charge on any atom is -0.493 e. The van der Waals surface area contributed by atoms with Crippen molar-refractivity contribution in [3.05, 3.63) is 23.3 Å². The molecular formula is C15H20O4. The minimum atomic E-state index is 0.164. The summed E-state index contributed by atoms with van der Waals surface area (Å²) in [6.45, 7) is 3.94. The largest absolute Gasteiger partial charge is 0.493 e. The van der Waals surface area contributed by atoms with Crippen LogP contribution >= 0.6 is 0 Å². The average Bonchev–Trinajstić information content (AvgIpc) is 2.42. The van der Waals surface area contributed by atoms with E-state index in [1.165, 1.54) is 0 Å². The number of aldehydes is 1. The Bertz CT molecular complexity index is 450. The van der Waals surface area contributed by atoms with Crippen molar-refractivity contribution in [1.82, 2.24) is 0 Å². The quantitative estimate of drug-likeness (QED) is 0.585. The van der Waals surface area contributed by atoms with E-state index in [0.29, 0.717) is 22.8 Å². The highest BCUT2D eigenvalue weighted by molar-refractivity contribution is 5.82. The standard InChI is InChI=1S/C15H20O4/c1-10(2)12(9-16)6-11-7-13(17-3)15(19-5)14(8-11)18-4/h6-10H,1-5H3. The monoisotopic (exact) mass is 264 g/mol. The highest BCUT2D eigenvalue weighted by Crippen LogP contribution is 2.38. The molecule has 0 bridgehead atoms. The Hall–Kier alpha value is -1.97. The first-order valence-electron chi connectivity index (χ1n) is 6.04. The summed E-state index contributed by atoms with van der Waals surface area (Å²) < 4.78 is 15.8. The van der Waals surface area contributed by atoms with Gasteiger partial charge in [0.05, 0.1) is 21.3 Å². The zero-order valence-electron chi connectivity index (χ0n) is 12.0. The van der Waals surface area contributed by atoms with Gasteiger partial charge >= 0.3 is 0 Å². The maximum absolute atomic E-state index is 11.0. The van der Waals surface area contributed by atoms with Gasteiger partial charge < -0.3 is 14.2 Å². The normalized spacial score (nSPS) is 11.4. The molecule has 0 amide bonds. The number of allylic oxidation sites excluding steroid dienone is 1. The topological polar surface area (TPSA) is 44.8 Å². The Morgan fingerprint density at radius 3 is 1.89 bits per heavy atom. The van der Waals surface area contributed by atoms with Crippen LogP contribution in [-0.2, 0) is 4.79 Å². The molecule has 1 aromatic rings. The molecule has 0 aliphatic carbocycles. The summed E-state index contributed by atoms with van der Waals surface area (Å²) in [5.41, 5.74) is 1.56. The van der Waals surface area contributed by atoms with E-state index >= 15 is 0 Å². The van der Waals surface area contributed by atoms with Gasteiger partial charge in [0.1, 0.15) is 6.29 Å². The lowest BCUT2D eigenvalue weighted by molar-refractivity contribution is -0.105. The van der Waals surface area contributed by atoms with Crippen molar-refractivity contribution >= 4 is 12.4 Å². The molecule has 0 aromatic heterocycles. The summed E-state index contributed by atoms with van der Waals surface area (Å²) in [6, 6.07) is 3.63. The number of benzene rings is 1. The summed E-state index contributed by atoms with van der Waals surface area (Å²) >= 11 is 0. The molecule has 0 radical (unpaired) electrons. The van der Waals surface area contributed by atoms with E-state index in [1.54, 1.807) is 21.3 Å². The van der Waals surface area contributed by atoms with Crippen molar-refractivity contribution in [2.45, 2.75) is 13.8 Å². The predicted octanol–water partition coefficient (Wildman–Crippen LogP) is 2.95. The summed E-state index contributed by atoms with van der Waals surface area (Å²) in [7, 11) is 4.68. The van der Waals surface area contributed by atoms with Crippen molar-refractivity contribution in [2.75, 3.05) is 21.3 Å². The van der Waals surface area contributed by atoms with Crippen molar-refractivity contribution in [3.63, 3.8) is 0 Å². The van der Waals surface area contributed by atoms with Crippen LogP contribution in [0.25, 0.3) is 6.08 Å². The molecule has 0 heterocycles. The number of carbonyl (C=O) groups is 1. The Morgan fingerprint density at radius 2 is 1.58 bits per heavy atom. The van der Waals surface area contributed by atoms with Crippen molar-refractivity contribution in [2.24, 2.45) is 5.92 Å². The molecule has 1 aromatic carbocycles. The first kappa shape index (κ1) is 15.1. The zero-order chi connectivity index (χ0) is 14.4. The van der Waals surface area contributed by atoms with Crippen LogP contribution in [0, 0.1) is 5.92 Å². The molecule has 0 aliphatic rings. The smallest absolute Gasteiger partial charge is 0.203 e. The number of carbonyl (C=O) groups excluding carboxylic acids is 1. The van der Waals surface area contributed by atoms with Crippen LogP contribution < -0.4 is 14.2 Å². The lowest BCUT2D eigenvalue weighted by Crippen LogP contribution is -1.97. The van der Waals surface area contributed by atoms with E-state index in [2.05, 4.69) is 0 Å². The van der Waals surface area contributed by atoms with Crippen LogP contribution in [0.1, 0.15) is 19.4 Å². The van der Waals surface area contributed by atoms with Gasteiger partial charge in [-0.05, 0) is 35.3 Å². The second-order valence-corrected chi connectivity index (χ2v) is 4.38. The summed E-state index contributed by atoms with van der Waals surface area (Å²) in [5, 5.41) is 0. The third-order valence-corrected chi connectivity index (χ3v) is 2.82. The molecular weight excluding hydrogens is 244 g/mol. The van der Waals surface area contributed by atoms with Crippen LogP contribution in [0.3, 0.4) is 0 Å². The van der Waals surface area contributed by atoms with Gasteiger partial charge in [-0.15, -0.1) is 0 Å². The molecule has 1 rings (SSSR count). The number of methoxy groups -OCH3 is 3. The van der Waals surface area contributed by atoms with E-state index in [-0.39, 0.29) is 5.92 Å². The van der Waals surface area contributed by atoms with E-state index in [9.17, 15) is 4.79 Å². The van der Waals surface area contributed by atoms with Crippen LogP contribution in [-0.4, -0.2) is 27.6 Å². The highest BCUT2D eigenvalue weighted by atomic mass is 16.5. The predicted molar refractivity (Wildman–Crippen MR) is 75.0 cm³/mol. The van der Waals surface area contributed by atoms with Gasteiger partial charge in [0.25, 0.3) is 0 Å². The van der Waals surface area contributed by atoms with Crippen molar-refractivity contribution in [1.29, 1.82) is 0 Å². The van der Waals surface area contributed by atoms with Gasteiger partial charge in [-0.3, -0.25) is 4.79 Å². The Kier molecular flexibility index (Phi) is 5.42. The molecule has 0 spiro atoms. The summed E-state index contributed by atoms with van der Waals surface area (Å²) in [4.78, 5) is 11.0. The molecule has 4 heteroatoms. The van der Waals surface area contributed by atoms with Gasteiger partial charge in [0, 0.05) is 0 Å². The van der Waals surface area contributed by atoms with Crippen LogP contribution in [0.15, 0.2) is 17.7 Å². The lowest BCUT2D eigenvalue weighted by Gasteiger charge is -2.13. The Labute approximate surface area is 114 Å². The molecule has 0 unspecified atom stereocenters. The summed E-state index contributed by atoms with van der Waals surface area (Å²) in [6.07, 6.45) is 2.69. The fourth-order valence-electron chi connectivity index (χ4n) is 1.71. The number of hydrogen-bond acceptors (Lipinski definition) is 4. The highest BCUT2D eigenvalue weighted by Gasteiger charge is 2.13. The van der Waals surface area contributed by atoms with E-state index in [4.69, 9.17) is 14.2 Å². The van der Waals surface area contributed by atoms with Gasteiger partial charge in [-0.2, -0.15) is 0 Å². The maximum atomic E-state index is 11.0. The second kappa shape index (κ2) is 6.83. The fourth-order valence-corrected chi connectivity index (χ4v) is 1.71. The summed E-state index contributed by atoms with van der Waals surface area (Å²) in [5.74, 6) is 1.85. The molecule has 19 heavy (non-hydrogen) atoms. The van der Waals surface area contributed by atoms with Gasteiger partial charge in [0.15, 0.2) is 11.5 Å². The third-order valence-electron chi connectivity index (χ3n) is 2.82. The zero-order valence-corrected chi connectivity index (χ0v) is 12.0.